The van der Waals surface area contributed by atoms with Crippen LogP contribution in [0.4, 0.5) is 10.1 Å². The normalized spacial score (nSPS) is 24.8. The van der Waals surface area contributed by atoms with E-state index in [1.54, 1.807) is 0 Å². The summed E-state index contributed by atoms with van der Waals surface area (Å²) in [5.41, 5.74) is 5.79. The Balaban J connectivity index is 2.46. The first-order chi connectivity index (χ1) is 8.73. The molecule has 1 saturated heterocycles. The van der Waals surface area contributed by atoms with Crippen molar-refractivity contribution in [1.82, 2.24) is 4.31 Å². The first-order valence-corrected chi connectivity index (χ1v) is 7.09. The van der Waals surface area contributed by atoms with Gasteiger partial charge in [-0.3, -0.25) is 0 Å². The first kappa shape index (κ1) is 14.2. The fourth-order valence-electron chi connectivity index (χ4n) is 2.02. The number of benzene rings is 1. The van der Waals surface area contributed by atoms with Crippen molar-refractivity contribution < 1.29 is 23.0 Å². The summed E-state index contributed by atoms with van der Waals surface area (Å²) < 4.78 is 39.3. The minimum Gasteiger partial charge on any atom is -0.399 e. The number of nitrogens with zero attached hydrogens (tertiary/aromatic N) is 1. The van der Waals surface area contributed by atoms with Gasteiger partial charge < -0.3 is 15.9 Å². The second-order valence-corrected chi connectivity index (χ2v) is 6.51. The van der Waals surface area contributed by atoms with Crippen LogP contribution in [0.1, 0.15) is 5.56 Å². The molecule has 106 valence electrons. The molecule has 2 atom stereocenters. The van der Waals surface area contributed by atoms with Gasteiger partial charge in [-0.15, -0.1) is 0 Å². The van der Waals surface area contributed by atoms with Crippen LogP contribution in [0.2, 0.25) is 0 Å². The molecule has 2 rings (SSSR count). The number of aryl methyl sites for hydroxylation is 1. The summed E-state index contributed by atoms with van der Waals surface area (Å²) in [5.74, 6) is -0.870. The standard InChI is InChI=1S/C11H15FN2O4S/c1-6-2-7(13)3-10(11(6)12)19(17,18)14-4-8(15)9(16)5-14/h2-3,8-9,15-16H,4-5,13H2,1H3. The van der Waals surface area contributed by atoms with Crippen LogP contribution < -0.4 is 5.73 Å². The van der Waals surface area contributed by atoms with E-state index >= 15 is 0 Å². The lowest BCUT2D eigenvalue weighted by Crippen LogP contribution is -2.30. The molecule has 1 heterocycles. The monoisotopic (exact) mass is 290 g/mol. The molecule has 19 heavy (non-hydrogen) atoms. The van der Waals surface area contributed by atoms with Gasteiger partial charge in [-0.1, -0.05) is 0 Å². The summed E-state index contributed by atoms with van der Waals surface area (Å²) in [5, 5.41) is 18.8. The zero-order chi connectivity index (χ0) is 14.4. The third-order valence-electron chi connectivity index (χ3n) is 3.09. The van der Waals surface area contributed by atoms with Gasteiger partial charge in [0.1, 0.15) is 10.7 Å². The van der Waals surface area contributed by atoms with Crippen molar-refractivity contribution in [2.24, 2.45) is 0 Å². The Morgan fingerprint density at radius 2 is 1.84 bits per heavy atom. The Labute approximate surface area is 110 Å². The van der Waals surface area contributed by atoms with Crippen molar-refractivity contribution in [3.05, 3.63) is 23.5 Å². The molecule has 1 fully saturated rings. The maximum atomic E-state index is 13.9. The molecule has 0 spiro atoms. The predicted octanol–water partition coefficient (Wildman–Crippen LogP) is -0.558. The number of hydrogen-bond acceptors (Lipinski definition) is 5. The lowest BCUT2D eigenvalue weighted by atomic mass is 10.2. The molecule has 2 unspecified atom stereocenters. The van der Waals surface area contributed by atoms with Gasteiger partial charge in [-0.05, 0) is 24.6 Å². The van der Waals surface area contributed by atoms with Crippen molar-refractivity contribution in [2.75, 3.05) is 18.8 Å². The van der Waals surface area contributed by atoms with E-state index in [1.165, 1.54) is 13.0 Å². The van der Waals surface area contributed by atoms with Gasteiger partial charge in [0.2, 0.25) is 10.0 Å². The van der Waals surface area contributed by atoms with Crippen LogP contribution in [0.3, 0.4) is 0 Å². The molecule has 8 heteroatoms. The molecule has 0 bridgehead atoms. The van der Waals surface area contributed by atoms with E-state index in [4.69, 9.17) is 5.73 Å². The second-order valence-electron chi connectivity index (χ2n) is 4.61. The quantitative estimate of drug-likeness (QED) is 0.634. The largest absolute Gasteiger partial charge is 0.399 e. The van der Waals surface area contributed by atoms with Gasteiger partial charge in [0, 0.05) is 18.8 Å². The highest BCUT2D eigenvalue weighted by molar-refractivity contribution is 7.89. The SMILES string of the molecule is Cc1cc(N)cc(S(=O)(=O)N2CC(O)C(O)C2)c1F. The van der Waals surface area contributed by atoms with Gasteiger partial charge in [0.05, 0.1) is 12.2 Å². The zero-order valence-corrected chi connectivity index (χ0v) is 11.1. The number of β-amino-alcohol motifs (C(OH)–C–C–N with tert-alkyl or cyclic N) is 2. The lowest BCUT2D eigenvalue weighted by Gasteiger charge is -2.17. The molecule has 0 amide bonds. The average molecular weight is 290 g/mol. The molecule has 1 aliphatic heterocycles. The van der Waals surface area contributed by atoms with Gasteiger partial charge in [0.25, 0.3) is 0 Å². The molecule has 0 saturated carbocycles. The molecule has 4 N–H and O–H groups in total. The highest BCUT2D eigenvalue weighted by atomic mass is 32.2. The van der Waals surface area contributed by atoms with Gasteiger partial charge in [-0.2, -0.15) is 4.31 Å². The van der Waals surface area contributed by atoms with Crippen molar-refractivity contribution >= 4 is 15.7 Å². The van der Waals surface area contributed by atoms with Crippen LogP contribution in [0.5, 0.6) is 0 Å². The maximum absolute atomic E-state index is 13.9. The number of nitrogen functional groups attached to an aromatic ring is 1. The van der Waals surface area contributed by atoms with E-state index in [-0.39, 0.29) is 24.3 Å². The Morgan fingerprint density at radius 1 is 1.32 bits per heavy atom. The van der Waals surface area contributed by atoms with Crippen LogP contribution in [0.15, 0.2) is 17.0 Å². The number of aliphatic hydroxyl groups excluding tert-OH is 2. The number of halogens is 1. The van der Waals surface area contributed by atoms with Crippen molar-refractivity contribution in [2.45, 2.75) is 24.0 Å². The van der Waals surface area contributed by atoms with E-state index in [2.05, 4.69) is 0 Å². The highest BCUT2D eigenvalue weighted by Crippen LogP contribution is 2.27. The van der Waals surface area contributed by atoms with E-state index in [0.717, 1.165) is 10.4 Å². The maximum Gasteiger partial charge on any atom is 0.246 e. The third-order valence-corrected chi connectivity index (χ3v) is 4.92. The molecule has 1 aromatic rings. The van der Waals surface area contributed by atoms with Crippen LogP contribution >= 0.6 is 0 Å². The van der Waals surface area contributed by atoms with Gasteiger partial charge >= 0.3 is 0 Å². The van der Waals surface area contributed by atoms with Crippen molar-refractivity contribution in [3.63, 3.8) is 0 Å². The molecule has 6 nitrogen and oxygen atoms in total. The molecule has 0 aliphatic carbocycles. The minimum absolute atomic E-state index is 0.124. The Morgan fingerprint density at radius 3 is 2.37 bits per heavy atom. The summed E-state index contributed by atoms with van der Waals surface area (Å²) in [6.45, 7) is 0.881. The summed E-state index contributed by atoms with van der Waals surface area (Å²) in [4.78, 5) is -0.536. The van der Waals surface area contributed by atoms with Crippen molar-refractivity contribution in [1.29, 1.82) is 0 Å². The lowest BCUT2D eigenvalue weighted by molar-refractivity contribution is 0.0572. The Kier molecular flexibility index (Phi) is 3.52. The highest BCUT2D eigenvalue weighted by Gasteiger charge is 2.38. The first-order valence-electron chi connectivity index (χ1n) is 5.65. The van der Waals surface area contributed by atoms with Crippen LogP contribution in [0, 0.1) is 12.7 Å². The molecule has 1 aromatic carbocycles. The smallest absolute Gasteiger partial charge is 0.246 e. The average Bonchev–Trinajstić information content (AvgIpc) is 2.65. The van der Waals surface area contributed by atoms with E-state index in [1.807, 2.05) is 0 Å². The number of rotatable bonds is 2. The van der Waals surface area contributed by atoms with Crippen LogP contribution in [-0.4, -0.2) is 48.2 Å². The second kappa shape index (κ2) is 4.71. The predicted molar refractivity (Wildman–Crippen MR) is 66.3 cm³/mol. The summed E-state index contributed by atoms with van der Waals surface area (Å²) >= 11 is 0. The molecule has 0 radical (unpaired) electrons. The number of nitrogens with two attached hydrogens (primary N) is 1. The molecule has 0 aromatic heterocycles. The number of aliphatic hydroxyl groups is 2. The minimum atomic E-state index is -4.12. The van der Waals surface area contributed by atoms with E-state index in [9.17, 15) is 23.0 Å². The van der Waals surface area contributed by atoms with E-state index < -0.39 is 32.9 Å². The van der Waals surface area contributed by atoms with Crippen LogP contribution in [0.25, 0.3) is 0 Å². The fourth-order valence-corrected chi connectivity index (χ4v) is 3.67. The third kappa shape index (κ3) is 2.44. The summed E-state index contributed by atoms with van der Waals surface area (Å²) in [6.07, 6.45) is -2.33. The Bertz CT molecular complexity index is 595. The number of anilines is 1. The topological polar surface area (TPSA) is 104 Å². The number of hydrogen-bond donors (Lipinski definition) is 3. The summed E-state index contributed by atoms with van der Waals surface area (Å²) in [6, 6.07) is 2.37. The Hall–Kier alpha value is -1.22. The fraction of sp³-hybridized carbons (Fsp3) is 0.455. The van der Waals surface area contributed by atoms with Gasteiger partial charge in [-0.25, -0.2) is 12.8 Å². The molecule has 1 aliphatic rings. The van der Waals surface area contributed by atoms with Crippen molar-refractivity contribution in [3.8, 4) is 0 Å². The molecular weight excluding hydrogens is 275 g/mol. The zero-order valence-electron chi connectivity index (χ0n) is 10.2. The van der Waals surface area contributed by atoms with Gasteiger partial charge in [0.15, 0.2) is 0 Å². The molecular formula is C11H15FN2O4S. The van der Waals surface area contributed by atoms with Crippen LogP contribution in [-0.2, 0) is 10.0 Å². The summed E-state index contributed by atoms with van der Waals surface area (Å²) in [7, 11) is -4.12. The number of sulfonamides is 1. The van der Waals surface area contributed by atoms with E-state index in [0.29, 0.717) is 0 Å².